The van der Waals surface area contributed by atoms with Gasteiger partial charge in [0.25, 0.3) is 0 Å². The SMILES string of the molecule is CCCS(=O)(=O)C(C)C(=O)N(C)CC(=O)Nc1cc(Cl)ccc1OC. The van der Waals surface area contributed by atoms with E-state index in [4.69, 9.17) is 16.3 Å². The number of benzene rings is 1. The number of amides is 2. The lowest BCUT2D eigenvalue weighted by atomic mass is 10.3. The highest BCUT2D eigenvalue weighted by molar-refractivity contribution is 7.92. The molecule has 0 radical (unpaired) electrons. The maximum Gasteiger partial charge on any atom is 0.244 e. The van der Waals surface area contributed by atoms with Crippen molar-refractivity contribution >= 4 is 38.9 Å². The number of likely N-dealkylation sites (N-methyl/N-ethyl adjacent to an activating group) is 1. The van der Waals surface area contributed by atoms with Crippen molar-refractivity contribution in [2.75, 3.05) is 31.8 Å². The highest BCUT2D eigenvalue weighted by atomic mass is 35.5. The number of nitrogens with one attached hydrogen (secondary N) is 1. The fraction of sp³-hybridized carbons (Fsp3) is 0.500. The number of sulfone groups is 1. The molecule has 0 heterocycles. The predicted octanol–water partition coefficient (Wildman–Crippen LogP) is 1.96. The first-order chi connectivity index (χ1) is 11.6. The molecular weight excluding hydrogens is 368 g/mol. The summed E-state index contributed by atoms with van der Waals surface area (Å²) < 4.78 is 29.1. The number of carbonyl (C=O) groups is 2. The van der Waals surface area contributed by atoms with E-state index in [0.717, 1.165) is 4.90 Å². The van der Waals surface area contributed by atoms with E-state index in [2.05, 4.69) is 5.32 Å². The number of rotatable bonds is 8. The van der Waals surface area contributed by atoms with E-state index >= 15 is 0 Å². The maximum atomic E-state index is 12.3. The molecule has 0 spiro atoms. The molecule has 2 amide bonds. The van der Waals surface area contributed by atoms with E-state index in [1.54, 1.807) is 19.1 Å². The summed E-state index contributed by atoms with van der Waals surface area (Å²) in [6.45, 7) is 2.77. The molecule has 0 aliphatic carbocycles. The van der Waals surface area contributed by atoms with Crippen LogP contribution >= 0.6 is 11.6 Å². The van der Waals surface area contributed by atoms with Crippen LogP contribution in [0, 0.1) is 0 Å². The molecule has 9 heteroatoms. The first-order valence-electron chi connectivity index (χ1n) is 7.72. The van der Waals surface area contributed by atoms with Crippen LogP contribution in [0.5, 0.6) is 5.75 Å². The van der Waals surface area contributed by atoms with Gasteiger partial charge in [0.2, 0.25) is 11.8 Å². The zero-order chi connectivity index (χ0) is 19.2. The van der Waals surface area contributed by atoms with E-state index < -0.39 is 26.9 Å². The van der Waals surface area contributed by atoms with Crippen LogP contribution in [0.3, 0.4) is 0 Å². The Hall–Kier alpha value is -1.80. The summed E-state index contributed by atoms with van der Waals surface area (Å²) in [7, 11) is -0.689. The minimum absolute atomic E-state index is 0.0698. The standard InChI is InChI=1S/C16H23ClN2O5S/c1-5-8-25(22,23)11(2)16(21)19(3)10-15(20)18-13-9-12(17)6-7-14(13)24-4/h6-7,9,11H,5,8,10H2,1-4H3,(H,18,20). The molecule has 1 unspecified atom stereocenters. The summed E-state index contributed by atoms with van der Waals surface area (Å²) in [5, 5.41) is 1.83. The fourth-order valence-corrected chi connectivity index (χ4v) is 3.77. The average Bonchev–Trinajstić information content (AvgIpc) is 2.53. The van der Waals surface area contributed by atoms with Gasteiger partial charge in [0.05, 0.1) is 25.1 Å². The molecule has 1 aromatic carbocycles. The van der Waals surface area contributed by atoms with Gasteiger partial charge in [-0.3, -0.25) is 9.59 Å². The number of ether oxygens (including phenoxy) is 1. The second-order valence-corrected chi connectivity index (χ2v) is 8.47. The lowest BCUT2D eigenvalue weighted by Gasteiger charge is -2.21. The van der Waals surface area contributed by atoms with Crippen molar-refractivity contribution in [1.29, 1.82) is 0 Å². The molecule has 0 aliphatic heterocycles. The third-order valence-electron chi connectivity index (χ3n) is 3.57. The number of nitrogens with zero attached hydrogens (tertiary/aromatic N) is 1. The van der Waals surface area contributed by atoms with Crippen LogP contribution in [0.15, 0.2) is 18.2 Å². The molecule has 0 bridgehead atoms. The number of carbonyl (C=O) groups excluding carboxylic acids is 2. The summed E-state index contributed by atoms with van der Waals surface area (Å²) in [6.07, 6.45) is 0.429. The van der Waals surface area contributed by atoms with Crippen LogP contribution in [-0.2, 0) is 19.4 Å². The number of hydrogen-bond acceptors (Lipinski definition) is 5. The Kier molecular flexibility index (Phi) is 7.69. The minimum Gasteiger partial charge on any atom is -0.495 e. The molecule has 0 aliphatic rings. The predicted molar refractivity (Wildman–Crippen MR) is 97.8 cm³/mol. The van der Waals surface area contributed by atoms with Crippen LogP contribution in [0.4, 0.5) is 5.69 Å². The largest absolute Gasteiger partial charge is 0.495 e. The smallest absolute Gasteiger partial charge is 0.244 e. The third kappa shape index (κ3) is 5.89. The third-order valence-corrected chi connectivity index (χ3v) is 6.06. The molecule has 1 atom stereocenters. The Balaban J connectivity index is 2.77. The minimum atomic E-state index is -3.53. The first kappa shape index (κ1) is 21.2. The van der Waals surface area contributed by atoms with Gasteiger partial charge in [-0.05, 0) is 31.5 Å². The zero-order valence-corrected chi connectivity index (χ0v) is 16.3. The summed E-state index contributed by atoms with van der Waals surface area (Å²) in [6, 6.07) is 4.74. The van der Waals surface area contributed by atoms with E-state index in [-0.39, 0.29) is 12.3 Å². The Morgan fingerprint density at radius 2 is 2.00 bits per heavy atom. The molecule has 25 heavy (non-hydrogen) atoms. The zero-order valence-electron chi connectivity index (χ0n) is 14.7. The quantitative estimate of drug-likeness (QED) is 0.732. The van der Waals surface area contributed by atoms with Gasteiger partial charge in [0.15, 0.2) is 9.84 Å². The molecule has 0 aromatic heterocycles. The van der Waals surface area contributed by atoms with E-state index in [1.165, 1.54) is 27.1 Å². The van der Waals surface area contributed by atoms with Gasteiger partial charge in [0.1, 0.15) is 11.0 Å². The highest BCUT2D eigenvalue weighted by Crippen LogP contribution is 2.27. The number of hydrogen-bond donors (Lipinski definition) is 1. The summed E-state index contributed by atoms with van der Waals surface area (Å²) in [5.74, 6) is -0.761. The van der Waals surface area contributed by atoms with Gasteiger partial charge in [-0.2, -0.15) is 0 Å². The lowest BCUT2D eigenvalue weighted by Crippen LogP contribution is -2.43. The van der Waals surface area contributed by atoms with Crippen molar-refractivity contribution in [3.05, 3.63) is 23.2 Å². The number of anilines is 1. The maximum absolute atomic E-state index is 12.3. The molecule has 140 valence electrons. The molecular formula is C16H23ClN2O5S. The van der Waals surface area contributed by atoms with Crippen molar-refractivity contribution in [3.8, 4) is 5.75 Å². The second kappa shape index (κ2) is 9.05. The molecule has 0 fully saturated rings. The Bertz CT molecular complexity index is 736. The topological polar surface area (TPSA) is 92.8 Å². The van der Waals surface area contributed by atoms with Crippen molar-refractivity contribution in [2.24, 2.45) is 0 Å². The molecule has 1 N–H and O–H groups in total. The van der Waals surface area contributed by atoms with Crippen molar-refractivity contribution in [3.63, 3.8) is 0 Å². The van der Waals surface area contributed by atoms with E-state index in [0.29, 0.717) is 22.9 Å². The summed E-state index contributed by atoms with van der Waals surface area (Å²) in [5.41, 5.74) is 0.368. The molecule has 0 saturated carbocycles. The Morgan fingerprint density at radius 3 is 2.56 bits per heavy atom. The van der Waals surface area contributed by atoms with Gasteiger partial charge < -0.3 is 15.0 Å². The van der Waals surface area contributed by atoms with Gasteiger partial charge in [-0.15, -0.1) is 0 Å². The van der Waals surface area contributed by atoms with Crippen LogP contribution in [0.25, 0.3) is 0 Å². The molecule has 0 saturated heterocycles. The van der Waals surface area contributed by atoms with Gasteiger partial charge >= 0.3 is 0 Å². The fourth-order valence-electron chi connectivity index (χ4n) is 2.19. The van der Waals surface area contributed by atoms with Crippen LogP contribution in [0.1, 0.15) is 20.3 Å². The lowest BCUT2D eigenvalue weighted by molar-refractivity contribution is -0.132. The van der Waals surface area contributed by atoms with Gasteiger partial charge in [0, 0.05) is 12.1 Å². The van der Waals surface area contributed by atoms with Crippen molar-refractivity contribution < 1.29 is 22.7 Å². The summed E-state index contributed by atoms with van der Waals surface area (Å²) >= 11 is 5.90. The second-order valence-electron chi connectivity index (χ2n) is 5.60. The average molecular weight is 391 g/mol. The van der Waals surface area contributed by atoms with E-state index in [9.17, 15) is 18.0 Å². The molecule has 7 nitrogen and oxygen atoms in total. The van der Waals surface area contributed by atoms with Gasteiger partial charge in [-0.1, -0.05) is 18.5 Å². The highest BCUT2D eigenvalue weighted by Gasteiger charge is 2.30. The van der Waals surface area contributed by atoms with Crippen molar-refractivity contribution in [2.45, 2.75) is 25.5 Å². The van der Waals surface area contributed by atoms with Crippen molar-refractivity contribution in [1.82, 2.24) is 4.90 Å². The van der Waals surface area contributed by atoms with E-state index in [1.807, 2.05) is 0 Å². The Labute approximate surface area is 153 Å². The monoisotopic (exact) mass is 390 g/mol. The molecule has 1 rings (SSSR count). The number of halogens is 1. The normalized spacial score (nSPS) is 12.4. The van der Waals surface area contributed by atoms with Gasteiger partial charge in [-0.25, -0.2) is 8.42 Å². The molecule has 1 aromatic rings. The van der Waals surface area contributed by atoms with Crippen LogP contribution < -0.4 is 10.1 Å². The van der Waals surface area contributed by atoms with Crippen LogP contribution in [-0.4, -0.2) is 56.8 Å². The number of methoxy groups -OCH3 is 1. The Morgan fingerprint density at radius 1 is 1.36 bits per heavy atom. The summed E-state index contributed by atoms with van der Waals surface area (Å²) in [4.78, 5) is 25.5. The first-order valence-corrected chi connectivity index (χ1v) is 9.81. The van der Waals surface area contributed by atoms with Crippen LogP contribution in [0.2, 0.25) is 5.02 Å².